The normalized spacial score (nSPS) is 11.6. The second-order valence-corrected chi connectivity index (χ2v) is 6.76. The van der Waals surface area contributed by atoms with Gasteiger partial charge < -0.3 is 5.11 Å². The molecule has 6 nitrogen and oxygen atoms in total. The van der Waals surface area contributed by atoms with E-state index in [0.717, 1.165) is 0 Å². The van der Waals surface area contributed by atoms with Crippen molar-refractivity contribution in [3.8, 4) is 0 Å². The van der Waals surface area contributed by atoms with E-state index in [1.54, 1.807) is 0 Å². The standard InChI is InChI=1S/C11H15BrN2O4S/c1-7(2)6-13-19(17,18)14-10-5-8(12)3-4-9(10)11(15)16/h3-5,7,13-14H,6H2,1-2H3,(H,15,16). The van der Waals surface area contributed by atoms with Crippen LogP contribution in [0.15, 0.2) is 22.7 Å². The zero-order valence-corrected chi connectivity index (χ0v) is 12.9. The van der Waals surface area contributed by atoms with Crippen molar-refractivity contribution in [3.05, 3.63) is 28.2 Å². The first-order chi connectivity index (χ1) is 8.71. The highest BCUT2D eigenvalue weighted by Crippen LogP contribution is 2.22. The monoisotopic (exact) mass is 350 g/mol. The summed E-state index contributed by atoms with van der Waals surface area (Å²) < 4.78 is 28.7. The quantitative estimate of drug-likeness (QED) is 0.731. The van der Waals surface area contributed by atoms with Crippen LogP contribution in [0.25, 0.3) is 0 Å². The lowest BCUT2D eigenvalue weighted by Gasteiger charge is -2.12. The van der Waals surface area contributed by atoms with Crippen molar-refractivity contribution in [2.24, 2.45) is 5.92 Å². The highest BCUT2D eigenvalue weighted by molar-refractivity contribution is 9.10. The molecule has 0 fully saturated rings. The van der Waals surface area contributed by atoms with Gasteiger partial charge in [-0.15, -0.1) is 0 Å². The van der Waals surface area contributed by atoms with Gasteiger partial charge in [0.25, 0.3) is 10.2 Å². The molecule has 8 heteroatoms. The van der Waals surface area contributed by atoms with E-state index >= 15 is 0 Å². The van der Waals surface area contributed by atoms with Crippen LogP contribution < -0.4 is 9.44 Å². The predicted octanol–water partition coefficient (Wildman–Crippen LogP) is 2.05. The van der Waals surface area contributed by atoms with Crippen LogP contribution in [0.2, 0.25) is 0 Å². The molecule has 0 aliphatic heterocycles. The molecular weight excluding hydrogens is 336 g/mol. The van der Waals surface area contributed by atoms with Crippen molar-refractivity contribution in [1.82, 2.24) is 4.72 Å². The molecule has 0 spiro atoms. The largest absolute Gasteiger partial charge is 0.478 e. The summed E-state index contributed by atoms with van der Waals surface area (Å²) in [5.74, 6) is -1.05. The molecule has 3 N–H and O–H groups in total. The van der Waals surface area contributed by atoms with Crippen molar-refractivity contribution >= 4 is 37.8 Å². The minimum atomic E-state index is -3.79. The maximum Gasteiger partial charge on any atom is 0.337 e. The molecular formula is C11H15BrN2O4S. The van der Waals surface area contributed by atoms with E-state index in [-0.39, 0.29) is 23.7 Å². The number of hydrogen-bond acceptors (Lipinski definition) is 3. The van der Waals surface area contributed by atoms with Gasteiger partial charge in [-0.05, 0) is 24.1 Å². The van der Waals surface area contributed by atoms with Crippen molar-refractivity contribution < 1.29 is 18.3 Å². The molecule has 0 radical (unpaired) electrons. The molecule has 0 saturated carbocycles. The zero-order chi connectivity index (χ0) is 14.6. The van der Waals surface area contributed by atoms with E-state index in [2.05, 4.69) is 25.4 Å². The molecule has 1 rings (SSSR count). The van der Waals surface area contributed by atoms with E-state index in [9.17, 15) is 13.2 Å². The maximum absolute atomic E-state index is 11.8. The molecule has 0 unspecified atom stereocenters. The van der Waals surface area contributed by atoms with Crippen LogP contribution in [0.3, 0.4) is 0 Å². The number of anilines is 1. The molecule has 0 aliphatic rings. The van der Waals surface area contributed by atoms with E-state index in [4.69, 9.17) is 5.11 Å². The van der Waals surface area contributed by atoms with Crippen LogP contribution in [0.1, 0.15) is 24.2 Å². The molecule has 0 heterocycles. The van der Waals surface area contributed by atoms with Crippen LogP contribution >= 0.6 is 15.9 Å². The number of carboxylic acid groups (broad SMARTS) is 1. The first-order valence-corrected chi connectivity index (χ1v) is 7.79. The van der Waals surface area contributed by atoms with Crippen LogP contribution in [-0.4, -0.2) is 26.0 Å². The number of benzene rings is 1. The number of halogens is 1. The summed E-state index contributed by atoms with van der Waals surface area (Å²) in [6.07, 6.45) is 0. The third-order valence-corrected chi connectivity index (χ3v) is 3.67. The first kappa shape index (κ1) is 15.9. The number of nitrogens with one attached hydrogen (secondary N) is 2. The van der Waals surface area contributed by atoms with Gasteiger partial charge in [0.2, 0.25) is 0 Å². The summed E-state index contributed by atoms with van der Waals surface area (Å²) in [4.78, 5) is 11.0. The average molecular weight is 351 g/mol. The topological polar surface area (TPSA) is 95.5 Å². The molecule has 0 amide bonds. The molecule has 0 atom stereocenters. The lowest BCUT2D eigenvalue weighted by atomic mass is 10.2. The highest BCUT2D eigenvalue weighted by Gasteiger charge is 2.16. The zero-order valence-electron chi connectivity index (χ0n) is 10.5. The Labute approximate surface area is 120 Å². The fourth-order valence-electron chi connectivity index (χ4n) is 1.24. The number of carboxylic acids is 1. The molecule has 19 heavy (non-hydrogen) atoms. The molecule has 0 bridgehead atoms. The maximum atomic E-state index is 11.8. The summed E-state index contributed by atoms with van der Waals surface area (Å²) in [5.41, 5.74) is -0.101. The SMILES string of the molecule is CC(C)CNS(=O)(=O)Nc1cc(Br)ccc1C(=O)O. The Bertz CT molecular complexity index is 572. The van der Waals surface area contributed by atoms with Gasteiger partial charge in [-0.1, -0.05) is 29.8 Å². The van der Waals surface area contributed by atoms with Gasteiger partial charge in [-0.2, -0.15) is 13.1 Å². The summed E-state index contributed by atoms with van der Waals surface area (Å²) >= 11 is 3.17. The third kappa shape index (κ3) is 5.17. The lowest BCUT2D eigenvalue weighted by Crippen LogP contribution is -2.33. The molecule has 0 aliphatic carbocycles. The van der Waals surface area contributed by atoms with Gasteiger partial charge in [-0.25, -0.2) is 4.79 Å². The highest BCUT2D eigenvalue weighted by atomic mass is 79.9. The molecule has 1 aromatic carbocycles. The second kappa shape index (κ2) is 6.36. The van der Waals surface area contributed by atoms with Gasteiger partial charge in [0, 0.05) is 11.0 Å². The minimum absolute atomic E-state index is 0.0122. The van der Waals surface area contributed by atoms with Crippen LogP contribution in [0, 0.1) is 5.92 Å². The van der Waals surface area contributed by atoms with E-state index < -0.39 is 16.2 Å². The molecule has 0 aromatic heterocycles. The first-order valence-electron chi connectivity index (χ1n) is 5.51. The molecule has 1 aromatic rings. The molecule has 0 saturated heterocycles. The fourth-order valence-corrected chi connectivity index (χ4v) is 2.69. The van der Waals surface area contributed by atoms with Crippen molar-refractivity contribution in [2.45, 2.75) is 13.8 Å². The molecule has 106 valence electrons. The Morgan fingerprint density at radius 2 is 2.05 bits per heavy atom. The lowest BCUT2D eigenvalue weighted by molar-refractivity contribution is 0.0698. The van der Waals surface area contributed by atoms with Crippen LogP contribution in [-0.2, 0) is 10.2 Å². The van der Waals surface area contributed by atoms with E-state index in [1.807, 2.05) is 13.8 Å². The average Bonchev–Trinajstić information content (AvgIpc) is 2.25. The van der Waals surface area contributed by atoms with Crippen molar-refractivity contribution in [3.63, 3.8) is 0 Å². The number of aromatic carboxylic acids is 1. The van der Waals surface area contributed by atoms with E-state index in [0.29, 0.717) is 4.47 Å². The van der Waals surface area contributed by atoms with Gasteiger partial charge in [0.1, 0.15) is 0 Å². The summed E-state index contributed by atoms with van der Waals surface area (Å²) in [5, 5.41) is 9.00. The Kier molecular flexibility index (Phi) is 5.33. The Morgan fingerprint density at radius 1 is 1.42 bits per heavy atom. The fraction of sp³-hybridized carbons (Fsp3) is 0.364. The van der Waals surface area contributed by atoms with Gasteiger partial charge >= 0.3 is 5.97 Å². The number of rotatable bonds is 6. The summed E-state index contributed by atoms with van der Waals surface area (Å²) in [7, 11) is -3.79. The van der Waals surface area contributed by atoms with Crippen molar-refractivity contribution in [2.75, 3.05) is 11.3 Å². The predicted molar refractivity (Wildman–Crippen MR) is 76.5 cm³/mol. The van der Waals surface area contributed by atoms with Gasteiger partial charge in [0.05, 0.1) is 11.3 Å². The van der Waals surface area contributed by atoms with Crippen LogP contribution in [0.5, 0.6) is 0 Å². The van der Waals surface area contributed by atoms with Gasteiger partial charge in [0.15, 0.2) is 0 Å². The second-order valence-electron chi connectivity index (χ2n) is 4.34. The number of hydrogen-bond donors (Lipinski definition) is 3. The Balaban J connectivity index is 2.98. The van der Waals surface area contributed by atoms with Gasteiger partial charge in [-0.3, -0.25) is 4.72 Å². The Hall–Kier alpha value is -1.12. The number of carbonyl (C=O) groups is 1. The van der Waals surface area contributed by atoms with Crippen molar-refractivity contribution in [1.29, 1.82) is 0 Å². The third-order valence-electron chi connectivity index (χ3n) is 2.14. The summed E-state index contributed by atoms with van der Waals surface area (Å²) in [6, 6.07) is 4.26. The van der Waals surface area contributed by atoms with E-state index in [1.165, 1.54) is 18.2 Å². The van der Waals surface area contributed by atoms with Crippen LogP contribution in [0.4, 0.5) is 5.69 Å². The summed E-state index contributed by atoms with van der Waals surface area (Å²) in [6.45, 7) is 4.00. The Morgan fingerprint density at radius 3 is 2.58 bits per heavy atom. The smallest absolute Gasteiger partial charge is 0.337 e. The minimum Gasteiger partial charge on any atom is -0.478 e.